The van der Waals surface area contributed by atoms with Crippen molar-refractivity contribution in [3.05, 3.63) is 77.2 Å². The van der Waals surface area contributed by atoms with E-state index in [0.717, 1.165) is 22.5 Å². The first-order chi connectivity index (χ1) is 13.4. The fraction of sp³-hybridized carbons (Fsp3) is 0. The normalized spacial score (nSPS) is 15.8. The summed E-state index contributed by atoms with van der Waals surface area (Å²) in [6.07, 6.45) is 1.56. The molecule has 0 bridgehead atoms. The Morgan fingerprint density at radius 1 is 0.964 bits per heavy atom. The van der Waals surface area contributed by atoms with E-state index in [1.54, 1.807) is 42.5 Å². The summed E-state index contributed by atoms with van der Waals surface area (Å²) >= 11 is 6.10. The molecule has 4 rings (SSSR count). The summed E-state index contributed by atoms with van der Waals surface area (Å²) in [6, 6.07) is 18.9. The zero-order valence-corrected chi connectivity index (χ0v) is 16.7. The van der Waals surface area contributed by atoms with Crippen molar-refractivity contribution in [1.82, 2.24) is 5.32 Å². The lowest BCUT2D eigenvalue weighted by Crippen LogP contribution is -2.17. The molecule has 140 valence electrons. The van der Waals surface area contributed by atoms with Gasteiger partial charge in [-0.3, -0.25) is 4.79 Å². The standard InChI is InChI=1S/C20H13NO4S3/c22-19-18(27-20(26)21-19)12-15-7-3-4-8-17(15)25-28(23,24)16-10-9-13-5-1-2-6-14(13)11-16/h1-12H,(H,21,22,26)/b18-12+. The van der Waals surface area contributed by atoms with Gasteiger partial charge in [-0.15, -0.1) is 0 Å². The van der Waals surface area contributed by atoms with E-state index in [1.807, 2.05) is 24.3 Å². The number of carbonyl (C=O) groups excluding carboxylic acids is 1. The van der Waals surface area contributed by atoms with E-state index >= 15 is 0 Å². The van der Waals surface area contributed by atoms with Crippen molar-refractivity contribution in [2.75, 3.05) is 0 Å². The van der Waals surface area contributed by atoms with Crippen molar-refractivity contribution in [3.63, 3.8) is 0 Å². The summed E-state index contributed by atoms with van der Waals surface area (Å²) in [6.45, 7) is 0. The number of hydrogen-bond donors (Lipinski definition) is 1. The number of carbonyl (C=O) groups is 1. The molecule has 1 saturated heterocycles. The second kappa shape index (κ2) is 7.38. The van der Waals surface area contributed by atoms with Gasteiger partial charge in [0.25, 0.3) is 5.91 Å². The lowest BCUT2D eigenvalue weighted by Gasteiger charge is -2.10. The van der Waals surface area contributed by atoms with Crippen LogP contribution in [-0.4, -0.2) is 18.6 Å². The molecule has 0 atom stereocenters. The number of hydrogen-bond acceptors (Lipinski definition) is 6. The molecule has 8 heteroatoms. The maximum absolute atomic E-state index is 12.8. The predicted octanol–water partition coefficient (Wildman–Crippen LogP) is 4.10. The number of para-hydroxylation sites is 1. The van der Waals surface area contributed by atoms with E-state index in [2.05, 4.69) is 5.32 Å². The van der Waals surface area contributed by atoms with Gasteiger partial charge in [-0.05, 0) is 35.0 Å². The van der Waals surface area contributed by atoms with Crippen LogP contribution in [0.4, 0.5) is 0 Å². The minimum atomic E-state index is -4.05. The van der Waals surface area contributed by atoms with Gasteiger partial charge in [0.2, 0.25) is 0 Å². The molecule has 1 heterocycles. The molecular weight excluding hydrogens is 414 g/mol. The minimum absolute atomic E-state index is 0.0582. The summed E-state index contributed by atoms with van der Waals surface area (Å²) in [5.74, 6) is -0.184. The summed E-state index contributed by atoms with van der Waals surface area (Å²) in [4.78, 5) is 12.3. The van der Waals surface area contributed by atoms with Crippen LogP contribution in [0.2, 0.25) is 0 Å². The van der Waals surface area contributed by atoms with Crippen molar-refractivity contribution in [2.24, 2.45) is 0 Å². The molecule has 0 spiro atoms. The smallest absolute Gasteiger partial charge is 0.339 e. The Morgan fingerprint density at radius 2 is 1.68 bits per heavy atom. The monoisotopic (exact) mass is 427 g/mol. The zero-order valence-electron chi connectivity index (χ0n) is 14.3. The Hall–Kier alpha value is -2.68. The third-order valence-corrected chi connectivity index (χ3v) is 6.45. The van der Waals surface area contributed by atoms with Crippen LogP contribution >= 0.6 is 24.0 Å². The van der Waals surface area contributed by atoms with Crippen LogP contribution in [0, 0.1) is 0 Å². The maximum Gasteiger partial charge on any atom is 0.339 e. The Labute approximate surface area is 171 Å². The molecule has 0 saturated carbocycles. The summed E-state index contributed by atoms with van der Waals surface area (Å²) in [7, 11) is -4.05. The highest BCUT2D eigenvalue weighted by molar-refractivity contribution is 8.26. The summed E-state index contributed by atoms with van der Waals surface area (Å²) < 4.78 is 31.4. The van der Waals surface area contributed by atoms with Gasteiger partial charge >= 0.3 is 10.1 Å². The van der Waals surface area contributed by atoms with Gasteiger partial charge in [0, 0.05) is 5.56 Å². The lowest BCUT2D eigenvalue weighted by molar-refractivity contribution is -0.115. The summed E-state index contributed by atoms with van der Waals surface area (Å²) in [5.41, 5.74) is 0.467. The highest BCUT2D eigenvalue weighted by Crippen LogP contribution is 2.31. The fourth-order valence-electron chi connectivity index (χ4n) is 2.73. The Bertz CT molecular complexity index is 1250. The number of thioether (sulfide) groups is 1. The molecule has 1 aliphatic rings. The van der Waals surface area contributed by atoms with Crippen LogP contribution in [-0.2, 0) is 14.9 Å². The number of nitrogens with one attached hydrogen (secondary N) is 1. The van der Waals surface area contributed by atoms with E-state index < -0.39 is 10.1 Å². The third kappa shape index (κ3) is 3.80. The Balaban J connectivity index is 1.69. The van der Waals surface area contributed by atoms with E-state index in [4.69, 9.17) is 16.4 Å². The molecule has 0 aliphatic carbocycles. The van der Waals surface area contributed by atoms with E-state index in [1.165, 1.54) is 6.07 Å². The topological polar surface area (TPSA) is 72.5 Å². The van der Waals surface area contributed by atoms with Gasteiger partial charge in [0.15, 0.2) is 0 Å². The average molecular weight is 428 g/mol. The zero-order chi connectivity index (χ0) is 19.7. The average Bonchev–Trinajstić information content (AvgIpc) is 2.99. The van der Waals surface area contributed by atoms with Gasteiger partial charge in [0.1, 0.15) is 15.0 Å². The Morgan fingerprint density at radius 3 is 2.43 bits per heavy atom. The van der Waals surface area contributed by atoms with Crippen molar-refractivity contribution < 1.29 is 17.4 Å². The molecule has 1 amide bonds. The van der Waals surface area contributed by atoms with E-state index in [-0.39, 0.29) is 16.6 Å². The van der Waals surface area contributed by atoms with Crippen LogP contribution in [0.1, 0.15) is 5.56 Å². The molecule has 5 nitrogen and oxygen atoms in total. The number of benzene rings is 3. The van der Waals surface area contributed by atoms with E-state index in [0.29, 0.717) is 14.8 Å². The first-order valence-corrected chi connectivity index (χ1v) is 10.8. The van der Waals surface area contributed by atoms with Gasteiger partial charge < -0.3 is 9.50 Å². The van der Waals surface area contributed by atoms with E-state index in [9.17, 15) is 13.2 Å². The first-order valence-electron chi connectivity index (χ1n) is 8.19. The van der Waals surface area contributed by atoms with Crippen LogP contribution < -0.4 is 9.50 Å². The van der Waals surface area contributed by atoms with Crippen LogP contribution in [0.15, 0.2) is 76.5 Å². The quantitative estimate of drug-likeness (QED) is 0.384. The van der Waals surface area contributed by atoms with Crippen LogP contribution in [0.5, 0.6) is 5.75 Å². The highest BCUT2D eigenvalue weighted by Gasteiger charge is 2.23. The molecule has 0 aromatic heterocycles. The van der Waals surface area contributed by atoms with Crippen LogP contribution in [0.25, 0.3) is 16.8 Å². The van der Waals surface area contributed by atoms with Crippen molar-refractivity contribution in [3.8, 4) is 5.75 Å². The van der Waals surface area contributed by atoms with Crippen molar-refractivity contribution in [2.45, 2.75) is 4.90 Å². The second-order valence-corrected chi connectivity index (χ2v) is 9.20. The maximum atomic E-state index is 12.8. The molecule has 28 heavy (non-hydrogen) atoms. The predicted molar refractivity (Wildman–Crippen MR) is 115 cm³/mol. The molecular formula is C20H13NO4S3. The first kappa shape index (κ1) is 18.7. The largest absolute Gasteiger partial charge is 0.378 e. The molecule has 3 aromatic carbocycles. The number of thiocarbonyl (C=S) groups is 1. The molecule has 0 unspecified atom stereocenters. The molecule has 0 radical (unpaired) electrons. The summed E-state index contributed by atoms with van der Waals surface area (Å²) in [5, 5.41) is 4.26. The number of fused-ring (bicyclic) bond motifs is 1. The second-order valence-electron chi connectivity index (χ2n) is 5.94. The number of rotatable bonds is 4. The highest BCUT2D eigenvalue weighted by atomic mass is 32.2. The molecule has 1 fully saturated rings. The molecule has 3 aromatic rings. The Kier molecular flexibility index (Phi) is 4.92. The van der Waals surface area contributed by atoms with Crippen molar-refractivity contribution in [1.29, 1.82) is 0 Å². The van der Waals surface area contributed by atoms with Crippen molar-refractivity contribution >= 4 is 61.2 Å². The van der Waals surface area contributed by atoms with Gasteiger partial charge in [-0.25, -0.2) is 0 Å². The SMILES string of the molecule is O=C1NC(=S)S/C1=C/c1ccccc1OS(=O)(=O)c1ccc2ccccc2c1. The van der Waals surface area contributed by atoms with Gasteiger partial charge in [-0.1, -0.05) is 72.5 Å². The van der Waals surface area contributed by atoms with Gasteiger partial charge in [0.05, 0.1) is 4.91 Å². The number of amides is 1. The fourth-order valence-corrected chi connectivity index (χ4v) is 4.75. The lowest BCUT2D eigenvalue weighted by atomic mass is 10.1. The van der Waals surface area contributed by atoms with Gasteiger partial charge in [-0.2, -0.15) is 8.42 Å². The third-order valence-electron chi connectivity index (χ3n) is 4.06. The minimum Gasteiger partial charge on any atom is -0.378 e. The molecule has 1 N–H and O–H groups in total. The molecule has 1 aliphatic heterocycles. The van der Waals surface area contributed by atoms with Crippen LogP contribution in [0.3, 0.4) is 0 Å².